The monoisotopic (exact) mass is 364 g/mol. The predicted octanol–water partition coefficient (Wildman–Crippen LogP) is 2.05. The predicted molar refractivity (Wildman–Crippen MR) is 100 cm³/mol. The fourth-order valence-corrected chi connectivity index (χ4v) is 3.65. The van der Waals surface area contributed by atoms with Crippen molar-refractivity contribution >= 4 is 5.91 Å². The van der Waals surface area contributed by atoms with Gasteiger partial charge < -0.3 is 10.6 Å². The summed E-state index contributed by atoms with van der Waals surface area (Å²) in [7, 11) is 0. The first-order chi connectivity index (χ1) is 13.1. The average Bonchev–Trinajstić information content (AvgIpc) is 3.20. The van der Waals surface area contributed by atoms with E-state index in [1.54, 1.807) is 4.90 Å². The molecule has 2 heterocycles. The van der Waals surface area contributed by atoms with Crippen molar-refractivity contribution < 1.29 is 4.79 Å². The Morgan fingerprint density at radius 3 is 2.78 bits per heavy atom. The molecule has 2 atom stereocenters. The average molecular weight is 364 g/mol. The van der Waals surface area contributed by atoms with E-state index < -0.39 is 0 Å². The molecule has 2 aromatic rings. The van der Waals surface area contributed by atoms with Crippen LogP contribution >= 0.6 is 0 Å². The van der Waals surface area contributed by atoms with Crippen molar-refractivity contribution in [3.63, 3.8) is 0 Å². The molecule has 1 aromatic carbocycles. The summed E-state index contributed by atoms with van der Waals surface area (Å²) in [5, 5.41) is 17.6. The van der Waals surface area contributed by atoms with Crippen molar-refractivity contribution in [2.24, 2.45) is 5.73 Å². The summed E-state index contributed by atoms with van der Waals surface area (Å²) in [6, 6.07) is 10.3. The zero-order valence-corrected chi connectivity index (χ0v) is 15.3. The van der Waals surface area contributed by atoms with Crippen molar-refractivity contribution in [3.05, 3.63) is 36.0 Å². The van der Waals surface area contributed by atoms with Gasteiger partial charge in [0.05, 0.1) is 18.3 Å². The number of aromatic nitrogens is 3. The summed E-state index contributed by atoms with van der Waals surface area (Å²) in [6.07, 6.45) is 6.94. The van der Waals surface area contributed by atoms with Crippen LogP contribution in [0.3, 0.4) is 0 Å². The highest BCUT2D eigenvalue weighted by molar-refractivity contribution is 5.78. The Bertz CT molecular complexity index is 848. The van der Waals surface area contributed by atoms with Crippen molar-refractivity contribution in [2.45, 2.75) is 56.7 Å². The maximum absolute atomic E-state index is 12.4. The lowest BCUT2D eigenvalue weighted by atomic mass is 10.0. The Labute approximate surface area is 158 Å². The first-order valence-electron chi connectivity index (χ1n) is 9.60. The molecule has 1 amide bonds. The van der Waals surface area contributed by atoms with E-state index in [0.29, 0.717) is 19.0 Å². The number of hydrogen-bond acceptors (Lipinski definition) is 5. The molecule has 1 aromatic heterocycles. The zero-order valence-electron chi connectivity index (χ0n) is 15.3. The van der Waals surface area contributed by atoms with E-state index in [4.69, 9.17) is 11.0 Å². The quantitative estimate of drug-likeness (QED) is 0.845. The van der Waals surface area contributed by atoms with Gasteiger partial charge in [-0.3, -0.25) is 4.79 Å². The summed E-state index contributed by atoms with van der Waals surface area (Å²) < 4.78 is 1.94. The van der Waals surface area contributed by atoms with Crippen LogP contribution in [0.1, 0.15) is 43.7 Å². The summed E-state index contributed by atoms with van der Waals surface area (Å²) in [5.41, 5.74) is 9.20. The molecule has 0 bridgehead atoms. The van der Waals surface area contributed by atoms with Crippen LogP contribution in [0.25, 0.3) is 11.3 Å². The number of nitrogens with two attached hydrogens (primary N) is 1. The van der Waals surface area contributed by atoms with Crippen molar-refractivity contribution in [1.82, 2.24) is 19.9 Å². The molecule has 0 unspecified atom stereocenters. The molecule has 2 aliphatic rings. The fourth-order valence-electron chi connectivity index (χ4n) is 3.65. The van der Waals surface area contributed by atoms with E-state index in [1.165, 1.54) is 12.8 Å². The largest absolute Gasteiger partial charge is 0.327 e. The third kappa shape index (κ3) is 4.01. The molecular formula is C20H24N6O. The van der Waals surface area contributed by atoms with Gasteiger partial charge in [-0.25, -0.2) is 4.68 Å². The first kappa shape index (κ1) is 17.7. The van der Waals surface area contributed by atoms with Gasteiger partial charge in [0, 0.05) is 24.6 Å². The molecule has 0 spiro atoms. The Hall–Kier alpha value is -2.72. The smallest absolute Gasteiger partial charge is 0.225 e. The Morgan fingerprint density at radius 1 is 1.30 bits per heavy atom. The fraction of sp³-hybridized carbons (Fsp3) is 0.500. The van der Waals surface area contributed by atoms with Gasteiger partial charge in [0.2, 0.25) is 5.91 Å². The molecule has 1 aliphatic carbocycles. The molecule has 27 heavy (non-hydrogen) atoms. The zero-order chi connectivity index (χ0) is 18.8. The number of benzene rings is 1. The van der Waals surface area contributed by atoms with E-state index in [-0.39, 0.29) is 24.4 Å². The van der Waals surface area contributed by atoms with Gasteiger partial charge >= 0.3 is 0 Å². The van der Waals surface area contributed by atoms with Crippen molar-refractivity contribution in [1.29, 1.82) is 5.26 Å². The van der Waals surface area contributed by atoms with E-state index in [1.807, 2.05) is 35.1 Å². The van der Waals surface area contributed by atoms with Crippen LogP contribution in [-0.4, -0.2) is 44.4 Å². The lowest BCUT2D eigenvalue weighted by Crippen LogP contribution is -2.39. The highest BCUT2D eigenvalue weighted by atomic mass is 16.2. The van der Waals surface area contributed by atoms with Gasteiger partial charge in [-0.05, 0) is 37.7 Å². The van der Waals surface area contributed by atoms with Crippen LogP contribution < -0.4 is 5.73 Å². The minimum atomic E-state index is -0.284. The van der Waals surface area contributed by atoms with Gasteiger partial charge in [-0.15, -0.1) is 5.10 Å². The molecule has 1 saturated carbocycles. The highest BCUT2D eigenvalue weighted by Gasteiger charge is 2.29. The summed E-state index contributed by atoms with van der Waals surface area (Å²) in [4.78, 5) is 14.1. The molecule has 140 valence electrons. The van der Waals surface area contributed by atoms with Gasteiger partial charge in [0.15, 0.2) is 0 Å². The Kier molecular flexibility index (Phi) is 4.90. The van der Waals surface area contributed by atoms with E-state index in [9.17, 15) is 4.79 Å². The Morgan fingerprint density at radius 2 is 2.07 bits per heavy atom. The lowest BCUT2D eigenvalue weighted by molar-refractivity contribution is -0.131. The van der Waals surface area contributed by atoms with Crippen LogP contribution in [-0.2, 0) is 11.2 Å². The van der Waals surface area contributed by atoms with Crippen LogP contribution in [0.5, 0.6) is 0 Å². The number of nitrogens with zero attached hydrogens (tertiary/aromatic N) is 5. The molecule has 2 fully saturated rings. The van der Waals surface area contributed by atoms with Gasteiger partial charge in [-0.1, -0.05) is 29.5 Å². The minimum Gasteiger partial charge on any atom is -0.327 e. The first-order valence-corrected chi connectivity index (χ1v) is 9.60. The molecule has 0 radical (unpaired) electrons. The van der Waals surface area contributed by atoms with E-state index in [0.717, 1.165) is 29.7 Å². The second-order valence-corrected chi connectivity index (χ2v) is 7.55. The molecule has 7 nitrogen and oxygen atoms in total. The number of carbonyl (C=O) groups is 1. The van der Waals surface area contributed by atoms with E-state index >= 15 is 0 Å². The van der Waals surface area contributed by atoms with Crippen LogP contribution in [0.4, 0.5) is 0 Å². The number of rotatable bonds is 6. The summed E-state index contributed by atoms with van der Waals surface area (Å²) >= 11 is 0. The molecule has 7 heteroatoms. The van der Waals surface area contributed by atoms with Gasteiger partial charge in [0.25, 0.3) is 0 Å². The number of hydrogen-bond donors (Lipinski definition) is 1. The standard InChI is InChI=1S/C20H24N6O/c21-12-18-2-1-9-25(18)20(27)11-16(22)10-14-3-5-15(6-4-14)19-13-26(24-23-19)17-7-8-17/h3-6,13,16-18H,1-2,7-11,22H2/t16-,18-/m0/s1. The van der Waals surface area contributed by atoms with E-state index in [2.05, 4.69) is 16.4 Å². The number of amides is 1. The van der Waals surface area contributed by atoms with Crippen LogP contribution in [0.2, 0.25) is 0 Å². The molecule has 1 saturated heterocycles. The number of nitriles is 1. The van der Waals surface area contributed by atoms with Crippen LogP contribution in [0, 0.1) is 11.3 Å². The van der Waals surface area contributed by atoms with Gasteiger partial charge in [-0.2, -0.15) is 5.26 Å². The molecule has 2 N–H and O–H groups in total. The maximum atomic E-state index is 12.4. The molecule has 1 aliphatic heterocycles. The molecular weight excluding hydrogens is 340 g/mol. The highest BCUT2D eigenvalue weighted by Crippen LogP contribution is 2.34. The summed E-state index contributed by atoms with van der Waals surface area (Å²) in [5.74, 6) is -0.0140. The lowest BCUT2D eigenvalue weighted by Gasteiger charge is -2.21. The Balaban J connectivity index is 1.33. The normalized spacial score (nSPS) is 20.4. The minimum absolute atomic E-state index is 0.0140. The summed E-state index contributed by atoms with van der Waals surface area (Å²) in [6.45, 7) is 0.667. The second kappa shape index (κ2) is 7.49. The number of likely N-dealkylation sites (tertiary alicyclic amines) is 1. The number of carbonyl (C=O) groups excluding carboxylic acids is 1. The SMILES string of the molecule is N#C[C@@H]1CCCN1C(=O)C[C@@H](N)Cc1ccc(-c2cn(C3CC3)nn2)cc1. The maximum Gasteiger partial charge on any atom is 0.225 e. The van der Waals surface area contributed by atoms with Gasteiger partial charge in [0.1, 0.15) is 11.7 Å². The third-order valence-corrected chi connectivity index (χ3v) is 5.34. The molecule has 4 rings (SSSR count). The third-order valence-electron chi connectivity index (χ3n) is 5.34. The van der Waals surface area contributed by atoms with Crippen molar-refractivity contribution in [3.8, 4) is 17.3 Å². The topological polar surface area (TPSA) is 101 Å². The van der Waals surface area contributed by atoms with Crippen molar-refractivity contribution in [2.75, 3.05) is 6.54 Å². The van der Waals surface area contributed by atoms with Crippen LogP contribution in [0.15, 0.2) is 30.5 Å². The second-order valence-electron chi connectivity index (χ2n) is 7.55.